The highest BCUT2D eigenvalue weighted by Crippen LogP contribution is 2.14. The zero-order valence-electron chi connectivity index (χ0n) is 26.4. The van der Waals surface area contributed by atoms with E-state index in [-0.39, 0.29) is 12.5 Å². The van der Waals surface area contributed by atoms with Gasteiger partial charge in [-0.3, -0.25) is 4.79 Å². The summed E-state index contributed by atoms with van der Waals surface area (Å²) in [5.41, 5.74) is 0. The summed E-state index contributed by atoms with van der Waals surface area (Å²) < 4.78 is 0. The number of hydrogen-bond acceptors (Lipinski definition) is 3. The Bertz CT molecular complexity index is 522. The van der Waals surface area contributed by atoms with Crippen molar-refractivity contribution in [1.29, 1.82) is 0 Å². The zero-order chi connectivity index (χ0) is 28.7. The van der Waals surface area contributed by atoms with Gasteiger partial charge in [0, 0.05) is 6.42 Å². The van der Waals surface area contributed by atoms with Gasteiger partial charge in [0.1, 0.15) is 0 Å². The molecule has 0 radical (unpaired) electrons. The maximum atomic E-state index is 12.3. The number of hydrogen-bond donors (Lipinski definition) is 3. The summed E-state index contributed by atoms with van der Waals surface area (Å²) in [7, 11) is 0. The van der Waals surface area contributed by atoms with E-state index in [1.54, 1.807) is 0 Å². The fraction of sp³-hybridized carbons (Fsp3) is 0.914. The van der Waals surface area contributed by atoms with E-state index in [0.29, 0.717) is 12.8 Å². The molecule has 0 spiro atoms. The minimum atomic E-state index is -0.656. The van der Waals surface area contributed by atoms with Gasteiger partial charge >= 0.3 is 0 Å². The number of amides is 1. The number of carbonyl (C=O) groups is 1. The quantitative estimate of drug-likeness (QED) is 0.0593. The second kappa shape index (κ2) is 31.7. The van der Waals surface area contributed by atoms with Crippen LogP contribution in [0.15, 0.2) is 12.2 Å². The van der Waals surface area contributed by atoms with Crippen LogP contribution in [0.3, 0.4) is 0 Å². The summed E-state index contributed by atoms with van der Waals surface area (Å²) in [6, 6.07) is -0.533. The van der Waals surface area contributed by atoms with Crippen LogP contribution >= 0.6 is 0 Å². The number of unbranched alkanes of at least 4 members (excludes halogenated alkanes) is 22. The van der Waals surface area contributed by atoms with Gasteiger partial charge in [-0.15, -0.1) is 0 Å². The molecule has 0 bridgehead atoms. The van der Waals surface area contributed by atoms with Crippen LogP contribution in [0, 0.1) is 0 Å². The van der Waals surface area contributed by atoms with E-state index in [1.807, 2.05) is 0 Å². The Kier molecular flexibility index (Phi) is 30.9. The third kappa shape index (κ3) is 28.5. The first kappa shape index (κ1) is 38.1. The molecule has 0 saturated heterocycles. The van der Waals surface area contributed by atoms with Crippen LogP contribution in [0.2, 0.25) is 0 Å². The Morgan fingerprint density at radius 1 is 0.590 bits per heavy atom. The van der Waals surface area contributed by atoms with Crippen molar-refractivity contribution in [3.05, 3.63) is 12.2 Å². The lowest BCUT2D eigenvalue weighted by atomic mass is 10.0. The molecule has 0 fully saturated rings. The SMILES string of the molecule is CCCCCCCCCCC/C=C\CCCCCCCC(=O)NC(CO)C(O)CCCCCCCCCCC. The second-order valence-corrected chi connectivity index (χ2v) is 11.9. The lowest BCUT2D eigenvalue weighted by Crippen LogP contribution is -2.45. The largest absolute Gasteiger partial charge is 0.394 e. The van der Waals surface area contributed by atoms with E-state index in [9.17, 15) is 15.0 Å². The van der Waals surface area contributed by atoms with Crippen molar-refractivity contribution in [3.8, 4) is 0 Å². The number of aliphatic hydroxyl groups is 2. The van der Waals surface area contributed by atoms with Crippen LogP contribution < -0.4 is 5.32 Å². The summed E-state index contributed by atoms with van der Waals surface area (Å²) in [5.74, 6) is -0.0420. The molecular weight excluding hydrogens is 482 g/mol. The maximum absolute atomic E-state index is 12.3. The number of aliphatic hydroxyl groups excluding tert-OH is 2. The van der Waals surface area contributed by atoms with Crippen LogP contribution in [0.25, 0.3) is 0 Å². The average Bonchev–Trinajstić information content (AvgIpc) is 2.94. The lowest BCUT2D eigenvalue weighted by molar-refractivity contribution is -0.123. The van der Waals surface area contributed by atoms with E-state index in [0.717, 1.165) is 25.7 Å². The number of nitrogens with one attached hydrogen (secondary N) is 1. The summed E-state index contributed by atoms with van der Waals surface area (Å²) in [5, 5.41) is 22.9. The Morgan fingerprint density at radius 3 is 1.41 bits per heavy atom. The molecule has 1 amide bonds. The summed E-state index contributed by atoms with van der Waals surface area (Å²) in [4.78, 5) is 12.3. The molecule has 0 saturated carbocycles. The van der Waals surface area contributed by atoms with Gasteiger partial charge in [0.05, 0.1) is 18.8 Å². The van der Waals surface area contributed by atoms with E-state index in [2.05, 4.69) is 31.3 Å². The van der Waals surface area contributed by atoms with Crippen molar-refractivity contribution in [2.45, 2.75) is 199 Å². The van der Waals surface area contributed by atoms with Gasteiger partial charge in [0.25, 0.3) is 0 Å². The van der Waals surface area contributed by atoms with Crippen molar-refractivity contribution in [3.63, 3.8) is 0 Å². The zero-order valence-corrected chi connectivity index (χ0v) is 26.4. The normalized spacial score (nSPS) is 13.2. The van der Waals surface area contributed by atoms with E-state index < -0.39 is 12.1 Å². The predicted octanol–water partition coefficient (Wildman–Crippen LogP) is 9.95. The first-order valence-corrected chi connectivity index (χ1v) is 17.4. The molecule has 39 heavy (non-hydrogen) atoms. The highest BCUT2D eigenvalue weighted by atomic mass is 16.3. The Balaban J connectivity index is 3.55. The molecular formula is C35H69NO3. The van der Waals surface area contributed by atoms with E-state index in [1.165, 1.54) is 135 Å². The van der Waals surface area contributed by atoms with Gasteiger partial charge in [-0.1, -0.05) is 154 Å². The Hall–Kier alpha value is -0.870. The van der Waals surface area contributed by atoms with Crippen molar-refractivity contribution in [1.82, 2.24) is 5.32 Å². The predicted molar refractivity (Wildman–Crippen MR) is 170 cm³/mol. The van der Waals surface area contributed by atoms with Gasteiger partial charge in [0.2, 0.25) is 5.91 Å². The third-order valence-corrected chi connectivity index (χ3v) is 8.03. The minimum absolute atomic E-state index is 0.0420. The van der Waals surface area contributed by atoms with Crippen LogP contribution in [-0.2, 0) is 4.79 Å². The molecule has 3 N–H and O–H groups in total. The smallest absolute Gasteiger partial charge is 0.220 e. The maximum Gasteiger partial charge on any atom is 0.220 e. The molecule has 4 heteroatoms. The Labute approximate surface area is 244 Å². The molecule has 0 aromatic rings. The van der Waals surface area contributed by atoms with Crippen LogP contribution in [0.1, 0.15) is 187 Å². The molecule has 2 unspecified atom stereocenters. The fourth-order valence-corrected chi connectivity index (χ4v) is 5.29. The molecule has 0 aromatic heterocycles. The lowest BCUT2D eigenvalue weighted by Gasteiger charge is -2.22. The standard InChI is InChI=1S/C35H69NO3/c1-3-5-7-9-11-13-14-15-16-17-18-19-20-21-23-25-27-29-31-35(39)36-33(32-37)34(38)30-28-26-24-22-12-10-8-6-4-2/h18-19,33-34,37-38H,3-17,20-32H2,1-2H3,(H,36,39)/b19-18-. The van der Waals surface area contributed by atoms with Crippen molar-refractivity contribution < 1.29 is 15.0 Å². The molecule has 0 rings (SSSR count). The van der Waals surface area contributed by atoms with Crippen LogP contribution in [0.4, 0.5) is 0 Å². The minimum Gasteiger partial charge on any atom is -0.394 e. The average molecular weight is 552 g/mol. The van der Waals surface area contributed by atoms with Crippen molar-refractivity contribution in [2.24, 2.45) is 0 Å². The van der Waals surface area contributed by atoms with Gasteiger partial charge in [-0.25, -0.2) is 0 Å². The van der Waals surface area contributed by atoms with Gasteiger partial charge < -0.3 is 15.5 Å². The molecule has 0 aliphatic carbocycles. The third-order valence-electron chi connectivity index (χ3n) is 8.03. The molecule has 0 heterocycles. The van der Waals surface area contributed by atoms with Crippen molar-refractivity contribution in [2.75, 3.05) is 6.61 Å². The number of rotatable bonds is 31. The fourth-order valence-electron chi connectivity index (χ4n) is 5.29. The van der Waals surface area contributed by atoms with E-state index >= 15 is 0 Å². The molecule has 0 aromatic carbocycles. The molecule has 0 aliphatic heterocycles. The van der Waals surface area contributed by atoms with Crippen LogP contribution in [-0.4, -0.2) is 34.9 Å². The molecule has 2 atom stereocenters. The van der Waals surface area contributed by atoms with Crippen LogP contribution in [0.5, 0.6) is 0 Å². The van der Waals surface area contributed by atoms with Gasteiger partial charge in [0.15, 0.2) is 0 Å². The summed E-state index contributed by atoms with van der Waals surface area (Å²) in [6.07, 6.45) is 36.9. The highest BCUT2D eigenvalue weighted by Gasteiger charge is 2.19. The monoisotopic (exact) mass is 552 g/mol. The summed E-state index contributed by atoms with van der Waals surface area (Å²) >= 11 is 0. The summed E-state index contributed by atoms with van der Waals surface area (Å²) in [6.45, 7) is 4.32. The second-order valence-electron chi connectivity index (χ2n) is 11.9. The number of carbonyl (C=O) groups excluding carboxylic acids is 1. The van der Waals surface area contributed by atoms with E-state index in [4.69, 9.17) is 0 Å². The topological polar surface area (TPSA) is 69.6 Å². The van der Waals surface area contributed by atoms with Crippen molar-refractivity contribution >= 4 is 5.91 Å². The molecule has 0 aliphatic rings. The molecule has 4 nitrogen and oxygen atoms in total. The first-order chi connectivity index (χ1) is 19.2. The first-order valence-electron chi connectivity index (χ1n) is 17.4. The van der Waals surface area contributed by atoms with Gasteiger partial charge in [-0.2, -0.15) is 0 Å². The number of allylic oxidation sites excluding steroid dienone is 2. The highest BCUT2D eigenvalue weighted by molar-refractivity contribution is 5.76. The van der Waals surface area contributed by atoms with Gasteiger partial charge in [-0.05, 0) is 38.5 Å². The Morgan fingerprint density at radius 2 is 0.974 bits per heavy atom. The molecule has 232 valence electrons.